The van der Waals surface area contributed by atoms with Gasteiger partial charge in [-0.1, -0.05) is 15.9 Å². The quantitative estimate of drug-likeness (QED) is 0.720. The van der Waals surface area contributed by atoms with Gasteiger partial charge in [-0.2, -0.15) is 0 Å². The summed E-state index contributed by atoms with van der Waals surface area (Å²) in [5.74, 6) is 0.0570. The molecule has 0 saturated carbocycles. The number of carbonyl (C=O) groups excluding carboxylic acids is 1. The summed E-state index contributed by atoms with van der Waals surface area (Å²) in [6.45, 7) is 7.78. The summed E-state index contributed by atoms with van der Waals surface area (Å²) in [5, 5.41) is 3.46. The van der Waals surface area contributed by atoms with Crippen molar-refractivity contribution in [3.8, 4) is 0 Å². The molecule has 4 rings (SSSR count). The van der Waals surface area contributed by atoms with Gasteiger partial charge in [0.2, 0.25) is 0 Å². The number of anilines is 1. The molecule has 1 N–H and O–H groups in total. The van der Waals surface area contributed by atoms with E-state index in [0.29, 0.717) is 6.04 Å². The van der Waals surface area contributed by atoms with E-state index >= 15 is 0 Å². The molecule has 1 saturated heterocycles. The van der Waals surface area contributed by atoms with Crippen LogP contribution in [0.3, 0.4) is 0 Å². The van der Waals surface area contributed by atoms with Crippen molar-refractivity contribution < 1.29 is 9.53 Å². The second-order valence-corrected chi connectivity index (χ2v) is 9.42. The monoisotopic (exact) mass is 406 g/mol. The first-order valence-corrected chi connectivity index (χ1v) is 10.2. The van der Waals surface area contributed by atoms with E-state index in [1.807, 2.05) is 20.8 Å². The SMILES string of the molecule is CC(C)(C)OC(=O)C1NCC[C@H]2[C@@H]1c1cc(Br)cc3c1N2CCCC3. The minimum atomic E-state index is -0.458. The number of nitrogens with one attached hydrogen (secondary N) is 1. The topological polar surface area (TPSA) is 41.6 Å². The van der Waals surface area contributed by atoms with Gasteiger partial charge in [0.25, 0.3) is 0 Å². The minimum Gasteiger partial charge on any atom is -0.459 e. The van der Waals surface area contributed by atoms with Gasteiger partial charge in [0, 0.05) is 28.7 Å². The summed E-state index contributed by atoms with van der Waals surface area (Å²) in [5.41, 5.74) is 3.69. The van der Waals surface area contributed by atoms with E-state index in [1.54, 1.807) is 0 Å². The molecule has 0 aliphatic carbocycles. The van der Waals surface area contributed by atoms with Gasteiger partial charge in [-0.15, -0.1) is 0 Å². The van der Waals surface area contributed by atoms with Crippen LogP contribution >= 0.6 is 15.9 Å². The van der Waals surface area contributed by atoms with Crippen molar-refractivity contribution in [3.63, 3.8) is 0 Å². The zero-order chi connectivity index (χ0) is 17.8. The average molecular weight is 407 g/mol. The van der Waals surface area contributed by atoms with Crippen molar-refractivity contribution in [2.75, 3.05) is 18.0 Å². The summed E-state index contributed by atoms with van der Waals surface area (Å²) in [7, 11) is 0. The molecular weight excluding hydrogens is 380 g/mol. The molecule has 1 aromatic rings. The Morgan fingerprint density at radius 2 is 2.12 bits per heavy atom. The zero-order valence-electron chi connectivity index (χ0n) is 15.3. The normalized spacial score (nSPS) is 28.2. The van der Waals surface area contributed by atoms with Crippen molar-refractivity contribution in [1.29, 1.82) is 0 Å². The maximum Gasteiger partial charge on any atom is 0.324 e. The molecule has 0 amide bonds. The van der Waals surface area contributed by atoms with Crippen molar-refractivity contribution in [2.24, 2.45) is 0 Å². The highest BCUT2D eigenvalue weighted by molar-refractivity contribution is 9.10. The highest BCUT2D eigenvalue weighted by atomic mass is 79.9. The van der Waals surface area contributed by atoms with E-state index in [4.69, 9.17) is 4.74 Å². The number of aryl methyl sites for hydroxylation is 1. The Kier molecular flexibility index (Phi) is 4.35. The lowest BCUT2D eigenvalue weighted by Crippen LogP contribution is -2.55. The Morgan fingerprint density at radius 3 is 2.88 bits per heavy atom. The molecule has 25 heavy (non-hydrogen) atoms. The van der Waals surface area contributed by atoms with Crippen LogP contribution < -0.4 is 10.2 Å². The molecule has 3 aliphatic rings. The molecule has 1 aromatic carbocycles. The van der Waals surface area contributed by atoms with Gasteiger partial charge in [-0.3, -0.25) is 4.79 Å². The molecule has 3 atom stereocenters. The Labute approximate surface area is 158 Å². The van der Waals surface area contributed by atoms with E-state index in [2.05, 4.69) is 38.3 Å². The van der Waals surface area contributed by atoms with E-state index in [1.165, 1.54) is 29.7 Å². The maximum absolute atomic E-state index is 12.9. The summed E-state index contributed by atoms with van der Waals surface area (Å²) in [6.07, 6.45) is 4.67. The number of hydrogen-bond donors (Lipinski definition) is 1. The third-order valence-electron chi connectivity index (χ3n) is 5.56. The Hall–Kier alpha value is -1.07. The average Bonchev–Trinajstić information content (AvgIpc) is 2.69. The Balaban J connectivity index is 1.76. The van der Waals surface area contributed by atoms with Gasteiger partial charge in [-0.05, 0) is 76.3 Å². The highest BCUT2D eigenvalue weighted by Crippen LogP contribution is 2.50. The number of carbonyl (C=O) groups is 1. The Bertz CT molecular complexity index is 698. The van der Waals surface area contributed by atoms with E-state index < -0.39 is 5.60 Å². The molecule has 0 bridgehead atoms. The number of hydrogen-bond acceptors (Lipinski definition) is 4. The fourth-order valence-corrected chi connectivity index (χ4v) is 5.28. The summed E-state index contributed by atoms with van der Waals surface area (Å²) in [6, 6.07) is 4.64. The Morgan fingerprint density at radius 1 is 1.32 bits per heavy atom. The largest absolute Gasteiger partial charge is 0.459 e. The highest BCUT2D eigenvalue weighted by Gasteiger charge is 2.49. The number of esters is 1. The van der Waals surface area contributed by atoms with Crippen molar-refractivity contribution in [3.05, 3.63) is 27.7 Å². The van der Waals surface area contributed by atoms with Gasteiger partial charge >= 0.3 is 5.97 Å². The molecule has 1 fully saturated rings. The van der Waals surface area contributed by atoms with Crippen LogP contribution in [0, 0.1) is 0 Å². The predicted octanol–water partition coefficient (Wildman–Crippen LogP) is 3.76. The molecule has 0 aromatic heterocycles. The molecule has 1 unspecified atom stereocenters. The van der Waals surface area contributed by atoms with Crippen LogP contribution in [0.4, 0.5) is 5.69 Å². The van der Waals surface area contributed by atoms with Crippen LogP contribution in [0.25, 0.3) is 0 Å². The van der Waals surface area contributed by atoms with Gasteiger partial charge < -0.3 is 15.0 Å². The predicted molar refractivity (Wildman–Crippen MR) is 103 cm³/mol. The molecule has 5 heteroatoms. The van der Waals surface area contributed by atoms with Crippen LogP contribution in [-0.2, 0) is 16.0 Å². The molecule has 0 radical (unpaired) electrons. The molecule has 3 aliphatic heterocycles. The van der Waals surface area contributed by atoms with E-state index in [-0.39, 0.29) is 17.9 Å². The number of rotatable bonds is 1. The summed E-state index contributed by atoms with van der Waals surface area (Å²) in [4.78, 5) is 15.5. The number of ether oxygens (including phenoxy) is 1. The molecule has 3 heterocycles. The van der Waals surface area contributed by atoms with Crippen molar-refractivity contribution in [1.82, 2.24) is 5.32 Å². The van der Waals surface area contributed by atoms with Gasteiger partial charge in [-0.25, -0.2) is 0 Å². The van der Waals surface area contributed by atoms with Crippen LogP contribution in [0.15, 0.2) is 16.6 Å². The number of fused-ring (bicyclic) bond motifs is 3. The second kappa shape index (κ2) is 6.27. The zero-order valence-corrected chi connectivity index (χ0v) is 16.9. The maximum atomic E-state index is 12.9. The lowest BCUT2D eigenvalue weighted by atomic mass is 9.82. The molecule has 4 nitrogen and oxygen atoms in total. The molecule has 0 spiro atoms. The third kappa shape index (κ3) is 3.10. The van der Waals surface area contributed by atoms with Crippen LogP contribution in [0.2, 0.25) is 0 Å². The smallest absolute Gasteiger partial charge is 0.324 e. The first-order valence-electron chi connectivity index (χ1n) is 9.40. The fourth-order valence-electron chi connectivity index (χ4n) is 4.76. The van der Waals surface area contributed by atoms with E-state index in [0.717, 1.165) is 30.4 Å². The first-order chi connectivity index (χ1) is 11.8. The number of piperidine rings is 1. The van der Waals surface area contributed by atoms with Gasteiger partial charge in [0.05, 0.1) is 0 Å². The minimum absolute atomic E-state index is 0.117. The molecular formula is C20H27BrN2O2. The fraction of sp³-hybridized carbons (Fsp3) is 0.650. The van der Waals surface area contributed by atoms with Gasteiger partial charge in [0.1, 0.15) is 11.6 Å². The van der Waals surface area contributed by atoms with Crippen LogP contribution in [-0.4, -0.2) is 36.7 Å². The number of nitrogens with zero attached hydrogens (tertiary/aromatic N) is 1. The number of halogens is 1. The summed E-state index contributed by atoms with van der Waals surface area (Å²) < 4.78 is 6.86. The van der Waals surface area contributed by atoms with Crippen LogP contribution in [0.1, 0.15) is 57.1 Å². The van der Waals surface area contributed by atoms with Crippen molar-refractivity contribution >= 4 is 27.6 Å². The molecule has 136 valence electrons. The van der Waals surface area contributed by atoms with Gasteiger partial charge in [0.15, 0.2) is 0 Å². The third-order valence-corrected chi connectivity index (χ3v) is 6.02. The first kappa shape index (κ1) is 17.3. The van der Waals surface area contributed by atoms with E-state index in [9.17, 15) is 4.79 Å². The lowest BCUT2D eigenvalue weighted by molar-refractivity contribution is -0.158. The van der Waals surface area contributed by atoms with Crippen LogP contribution in [0.5, 0.6) is 0 Å². The summed E-state index contributed by atoms with van der Waals surface area (Å²) >= 11 is 3.69. The standard InChI is InChI=1S/C20H27BrN2O2/c1-20(2,3)25-19(24)17-16-14-11-13(21)10-12-6-4-5-9-23(18(12)14)15(16)7-8-22-17/h10-11,15-17,22H,4-9H2,1-3H3/t15-,16-,17?/m0/s1. The van der Waals surface area contributed by atoms with Crippen molar-refractivity contribution in [2.45, 2.75) is 70.1 Å². The number of benzene rings is 1. The lowest BCUT2D eigenvalue weighted by Gasteiger charge is -2.38. The second-order valence-electron chi connectivity index (χ2n) is 8.50.